The number of aliphatic hydroxyl groups is 1. The van der Waals surface area contributed by atoms with E-state index in [-0.39, 0.29) is 35.3 Å². The lowest BCUT2D eigenvalue weighted by Gasteiger charge is -2.39. The average molecular weight is 389 g/mol. The third-order valence-electron chi connectivity index (χ3n) is 6.28. The number of benzene rings is 1. The number of hydrogen-bond donors (Lipinski definition) is 2. The first-order chi connectivity index (χ1) is 13.4. The van der Waals surface area contributed by atoms with Crippen LogP contribution in [0.1, 0.15) is 68.6 Å². The van der Waals surface area contributed by atoms with Crippen LogP contribution < -0.4 is 4.90 Å². The lowest BCUT2D eigenvalue weighted by molar-refractivity contribution is -0.124. The summed E-state index contributed by atoms with van der Waals surface area (Å²) in [6, 6.07) is 4.43. The first-order valence-corrected chi connectivity index (χ1v) is 10.3. The van der Waals surface area contributed by atoms with Crippen molar-refractivity contribution >= 4 is 17.6 Å². The monoisotopic (exact) mass is 389 g/mol. The Kier molecular flexibility index (Phi) is 6.60. The van der Waals surface area contributed by atoms with Crippen LogP contribution in [0.5, 0.6) is 5.75 Å². The Balaban J connectivity index is 1.97. The van der Waals surface area contributed by atoms with Crippen LogP contribution in [-0.4, -0.2) is 41.3 Å². The second-order valence-electron chi connectivity index (χ2n) is 8.32. The van der Waals surface area contributed by atoms with Crippen molar-refractivity contribution in [2.24, 2.45) is 11.8 Å². The maximum Gasteiger partial charge on any atom is 0.340 e. The Morgan fingerprint density at radius 3 is 2.29 bits per heavy atom. The van der Waals surface area contributed by atoms with Crippen molar-refractivity contribution in [3.63, 3.8) is 0 Å². The number of esters is 1. The van der Waals surface area contributed by atoms with E-state index in [9.17, 15) is 19.8 Å². The lowest BCUT2D eigenvalue weighted by Crippen LogP contribution is -2.47. The van der Waals surface area contributed by atoms with Gasteiger partial charge in [0.15, 0.2) is 0 Å². The molecule has 2 aliphatic rings. The fourth-order valence-electron chi connectivity index (χ4n) is 4.52. The van der Waals surface area contributed by atoms with E-state index in [0.29, 0.717) is 37.3 Å². The van der Waals surface area contributed by atoms with Crippen molar-refractivity contribution in [1.82, 2.24) is 0 Å². The van der Waals surface area contributed by atoms with E-state index in [0.717, 1.165) is 25.7 Å². The molecule has 0 aliphatic heterocycles. The van der Waals surface area contributed by atoms with Crippen molar-refractivity contribution in [2.75, 3.05) is 12.0 Å². The molecule has 0 saturated heterocycles. The van der Waals surface area contributed by atoms with Crippen LogP contribution in [0.3, 0.4) is 0 Å². The fraction of sp³-hybridized carbons (Fsp3) is 0.636. The second-order valence-corrected chi connectivity index (χ2v) is 8.32. The van der Waals surface area contributed by atoms with Gasteiger partial charge in [0.1, 0.15) is 5.75 Å². The first kappa shape index (κ1) is 20.6. The summed E-state index contributed by atoms with van der Waals surface area (Å²) in [7, 11) is 1.29. The van der Waals surface area contributed by atoms with Crippen molar-refractivity contribution in [3.05, 3.63) is 23.8 Å². The van der Waals surface area contributed by atoms with E-state index in [2.05, 4.69) is 6.92 Å². The highest BCUT2D eigenvalue weighted by molar-refractivity contribution is 6.04. The van der Waals surface area contributed by atoms with E-state index in [1.54, 1.807) is 11.0 Å². The molecular weight excluding hydrogens is 358 g/mol. The van der Waals surface area contributed by atoms with Gasteiger partial charge < -0.3 is 19.8 Å². The normalized spacial score (nSPS) is 27.8. The lowest BCUT2D eigenvalue weighted by atomic mass is 9.81. The molecule has 0 bridgehead atoms. The number of phenolic OH excluding ortho intramolecular Hbond substituents is 1. The summed E-state index contributed by atoms with van der Waals surface area (Å²) in [5.74, 6) is 0.0204. The third-order valence-corrected chi connectivity index (χ3v) is 6.28. The number of ether oxygens (including phenoxy) is 1. The Morgan fingerprint density at radius 1 is 1.04 bits per heavy atom. The number of hydrogen-bond acceptors (Lipinski definition) is 5. The summed E-state index contributed by atoms with van der Waals surface area (Å²) in [4.78, 5) is 27.7. The van der Waals surface area contributed by atoms with Crippen molar-refractivity contribution in [3.8, 4) is 5.75 Å². The quantitative estimate of drug-likeness (QED) is 0.768. The van der Waals surface area contributed by atoms with E-state index < -0.39 is 5.97 Å². The van der Waals surface area contributed by atoms with Gasteiger partial charge in [-0.1, -0.05) is 6.92 Å². The maximum absolute atomic E-state index is 13.6. The van der Waals surface area contributed by atoms with Gasteiger partial charge in [-0.3, -0.25) is 4.79 Å². The number of phenols is 1. The number of carbonyl (C=O) groups is 2. The van der Waals surface area contributed by atoms with Crippen LogP contribution in [0, 0.1) is 11.8 Å². The molecule has 6 heteroatoms. The van der Waals surface area contributed by atoms with Crippen molar-refractivity contribution < 1.29 is 24.5 Å². The zero-order chi connectivity index (χ0) is 20.3. The summed E-state index contributed by atoms with van der Waals surface area (Å²) in [6.45, 7) is 2.22. The molecule has 1 aromatic carbocycles. The molecule has 2 fully saturated rings. The zero-order valence-electron chi connectivity index (χ0n) is 16.8. The summed E-state index contributed by atoms with van der Waals surface area (Å²) < 4.78 is 4.90. The first-order valence-electron chi connectivity index (χ1n) is 10.3. The third kappa shape index (κ3) is 4.49. The van der Waals surface area contributed by atoms with E-state index >= 15 is 0 Å². The number of amides is 1. The molecule has 0 heterocycles. The summed E-state index contributed by atoms with van der Waals surface area (Å²) >= 11 is 0. The second kappa shape index (κ2) is 8.95. The van der Waals surface area contributed by atoms with Gasteiger partial charge in [-0.25, -0.2) is 4.79 Å². The molecule has 2 N–H and O–H groups in total. The van der Waals surface area contributed by atoms with Crippen LogP contribution in [0.4, 0.5) is 5.69 Å². The summed E-state index contributed by atoms with van der Waals surface area (Å²) in [6.07, 6.45) is 6.12. The van der Waals surface area contributed by atoms with Crippen LogP contribution in [-0.2, 0) is 9.53 Å². The number of methoxy groups -OCH3 is 1. The zero-order valence-corrected chi connectivity index (χ0v) is 16.8. The largest absolute Gasteiger partial charge is 0.508 e. The standard InChI is InChI=1S/C22H31NO5/c1-14-3-5-15(6-4-14)21(26)23(16-7-9-17(24)10-8-16)20-12-11-18(25)13-19(20)22(27)28-2/h11-17,24-25H,3-10H2,1-2H3. The predicted molar refractivity (Wildman–Crippen MR) is 106 cm³/mol. The molecule has 0 aromatic heterocycles. The van der Waals surface area contributed by atoms with Crippen LogP contribution in [0.25, 0.3) is 0 Å². The molecule has 0 atom stereocenters. The number of aromatic hydroxyl groups is 1. The Labute approximate surface area is 166 Å². The highest BCUT2D eigenvalue weighted by atomic mass is 16.5. The van der Waals surface area contributed by atoms with Crippen LogP contribution >= 0.6 is 0 Å². The number of aliphatic hydroxyl groups excluding tert-OH is 1. The van der Waals surface area contributed by atoms with Gasteiger partial charge in [0.25, 0.3) is 0 Å². The highest BCUT2D eigenvalue weighted by Crippen LogP contribution is 2.36. The van der Waals surface area contributed by atoms with Crippen molar-refractivity contribution in [2.45, 2.75) is 70.4 Å². The van der Waals surface area contributed by atoms with Crippen LogP contribution in [0.2, 0.25) is 0 Å². The fourth-order valence-corrected chi connectivity index (χ4v) is 4.52. The van der Waals surface area contributed by atoms with Crippen LogP contribution in [0.15, 0.2) is 18.2 Å². The molecule has 3 rings (SSSR count). The van der Waals surface area contributed by atoms with Gasteiger partial charge in [-0.15, -0.1) is 0 Å². The number of nitrogens with zero attached hydrogens (tertiary/aromatic N) is 1. The number of rotatable bonds is 4. The minimum atomic E-state index is -0.572. The summed E-state index contributed by atoms with van der Waals surface area (Å²) in [5.41, 5.74) is 0.695. The van der Waals surface area contributed by atoms with Gasteiger partial charge in [-0.2, -0.15) is 0 Å². The average Bonchev–Trinajstić information content (AvgIpc) is 2.70. The Morgan fingerprint density at radius 2 is 1.68 bits per heavy atom. The minimum Gasteiger partial charge on any atom is -0.508 e. The predicted octanol–water partition coefficient (Wildman–Crippen LogP) is 3.64. The number of anilines is 1. The molecule has 2 aliphatic carbocycles. The smallest absolute Gasteiger partial charge is 0.340 e. The molecule has 28 heavy (non-hydrogen) atoms. The highest BCUT2D eigenvalue weighted by Gasteiger charge is 2.36. The molecule has 0 unspecified atom stereocenters. The van der Waals surface area contributed by atoms with Gasteiger partial charge in [0.2, 0.25) is 5.91 Å². The molecule has 1 amide bonds. The Bertz CT molecular complexity index is 703. The molecule has 0 radical (unpaired) electrons. The topological polar surface area (TPSA) is 87.1 Å². The van der Waals surface area contributed by atoms with Gasteiger partial charge in [0.05, 0.1) is 24.5 Å². The molecule has 1 aromatic rings. The Hall–Kier alpha value is -2.08. The van der Waals surface area contributed by atoms with Crippen molar-refractivity contribution in [1.29, 1.82) is 0 Å². The number of carbonyl (C=O) groups excluding carboxylic acids is 2. The SMILES string of the molecule is COC(=O)c1cc(O)ccc1N(C(=O)C1CCC(C)CC1)C1CCC(O)CC1. The molecule has 2 saturated carbocycles. The van der Waals surface area contributed by atoms with Gasteiger partial charge in [-0.05, 0) is 75.5 Å². The molecular formula is C22H31NO5. The molecule has 6 nitrogen and oxygen atoms in total. The van der Waals surface area contributed by atoms with E-state index in [4.69, 9.17) is 4.74 Å². The van der Waals surface area contributed by atoms with E-state index in [1.807, 2.05) is 0 Å². The molecule has 0 spiro atoms. The van der Waals surface area contributed by atoms with Gasteiger partial charge in [0, 0.05) is 12.0 Å². The molecule has 154 valence electrons. The van der Waals surface area contributed by atoms with Gasteiger partial charge >= 0.3 is 5.97 Å². The maximum atomic E-state index is 13.6. The summed E-state index contributed by atoms with van der Waals surface area (Å²) in [5, 5.41) is 19.8. The minimum absolute atomic E-state index is 0.0397. The van der Waals surface area contributed by atoms with E-state index in [1.165, 1.54) is 19.2 Å².